The van der Waals surface area contributed by atoms with E-state index < -0.39 is 23.5 Å². The lowest BCUT2D eigenvalue weighted by Crippen LogP contribution is -2.32. The molecule has 0 amide bonds. The molecule has 34 heavy (non-hydrogen) atoms. The van der Waals surface area contributed by atoms with Crippen molar-refractivity contribution in [3.05, 3.63) is 70.8 Å². The van der Waals surface area contributed by atoms with Crippen molar-refractivity contribution in [3.8, 4) is 0 Å². The lowest BCUT2D eigenvalue weighted by atomic mass is 9.81. The molecule has 192 valence electrons. The van der Waals surface area contributed by atoms with Gasteiger partial charge in [-0.05, 0) is 67.4 Å². The van der Waals surface area contributed by atoms with Gasteiger partial charge in [0, 0.05) is 13.1 Å². The average Bonchev–Trinajstić information content (AvgIpc) is 2.73. The minimum Gasteiger partial charge on any atom is -0.312 e. The van der Waals surface area contributed by atoms with Crippen LogP contribution >= 0.6 is 24.8 Å². The largest absolute Gasteiger partial charge is 0.416 e. The molecule has 0 spiro atoms. The highest BCUT2D eigenvalue weighted by molar-refractivity contribution is 5.85. The molecule has 10 heteroatoms. The van der Waals surface area contributed by atoms with E-state index in [9.17, 15) is 26.3 Å². The third-order valence-electron chi connectivity index (χ3n) is 6.03. The normalized spacial score (nSPS) is 18.6. The van der Waals surface area contributed by atoms with E-state index in [0.29, 0.717) is 24.9 Å². The molecule has 2 nitrogen and oxygen atoms in total. The Morgan fingerprint density at radius 1 is 0.647 bits per heavy atom. The highest BCUT2D eigenvalue weighted by Crippen LogP contribution is 2.33. The van der Waals surface area contributed by atoms with Crippen LogP contribution in [0.25, 0.3) is 0 Å². The first-order valence-electron chi connectivity index (χ1n) is 10.9. The van der Waals surface area contributed by atoms with Crippen LogP contribution < -0.4 is 10.6 Å². The third kappa shape index (κ3) is 8.95. The highest BCUT2D eigenvalue weighted by Gasteiger charge is 2.33. The van der Waals surface area contributed by atoms with Crippen molar-refractivity contribution in [2.75, 3.05) is 13.1 Å². The molecular weight excluding hydrogens is 501 g/mol. The van der Waals surface area contributed by atoms with E-state index in [1.54, 1.807) is 12.1 Å². The average molecular weight is 531 g/mol. The zero-order valence-corrected chi connectivity index (χ0v) is 20.1. The Morgan fingerprint density at radius 3 is 1.41 bits per heavy atom. The van der Waals surface area contributed by atoms with Gasteiger partial charge in [-0.1, -0.05) is 42.8 Å². The summed E-state index contributed by atoms with van der Waals surface area (Å²) in [4.78, 5) is 0. The van der Waals surface area contributed by atoms with E-state index in [0.717, 1.165) is 37.8 Å². The Balaban J connectivity index is 0.00000289. The van der Waals surface area contributed by atoms with Gasteiger partial charge >= 0.3 is 12.4 Å². The van der Waals surface area contributed by atoms with Crippen LogP contribution in [0.4, 0.5) is 26.3 Å². The molecule has 2 unspecified atom stereocenters. The van der Waals surface area contributed by atoms with Gasteiger partial charge in [-0.3, -0.25) is 0 Å². The molecule has 0 bridgehead atoms. The summed E-state index contributed by atoms with van der Waals surface area (Å²) >= 11 is 0. The molecule has 3 rings (SSSR count). The van der Waals surface area contributed by atoms with E-state index in [-0.39, 0.29) is 49.0 Å². The molecule has 1 aliphatic carbocycles. The van der Waals surface area contributed by atoms with Gasteiger partial charge in [0.25, 0.3) is 0 Å². The van der Waals surface area contributed by atoms with Crippen LogP contribution in [0.15, 0.2) is 48.5 Å². The Labute approximate surface area is 208 Å². The predicted molar refractivity (Wildman–Crippen MR) is 126 cm³/mol. The smallest absolute Gasteiger partial charge is 0.312 e. The molecule has 2 aromatic carbocycles. The number of nitrogens with one attached hydrogen (secondary N) is 2. The second kappa shape index (κ2) is 13.6. The van der Waals surface area contributed by atoms with Crippen molar-refractivity contribution in [2.45, 2.75) is 51.1 Å². The summed E-state index contributed by atoms with van der Waals surface area (Å²) in [6, 6.07) is 11.1. The monoisotopic (exact) mass is 530 g/mol. The first-order chi connectivity index (χ1) is 15.1. The zero-order chi connectivity index (χ0) is 23.2. The van der Waals surface area contributed by atoms with Gasteiger partial charge in [-0.15, -0.1) is 24.8 Å². The van der Waals surface area contributed by atoms with Gasteiger partial charge in [0.2, 0.25) is 0 Å². The lowest BCUT2D eigenvalue weighted by molar-refractivity contribution is -0.139. The molecule has 0 aromatic heterocycles. The van der Waals surface area contributed by atoms with Crippen molar-refractivity contribution < 1.29 is 26.3 Å². The van der Waals surface area contributed by atoms with E-state index in [1.807, 2.05) is 0 Å². The highest BCUT2D eigenvalue weighted by atomic mass is 35.5. The Hall–Kier alpha value is -1.48. The van der Waals surface area contributed by atoms with E-state index in [2.05, 4.69) is 10.6 Å². The number of halogens is 8. The van der Waals surface area contributed by atoms with E-state index >= 15 is 0 Å². The summed E-state index contributed by atoms with van der Waals surface area (Å²) in [5.74, 6) is 0.687. The van der Waals surface area contributed by atoms with E-state index in [1.165, 1.54) is 24.3 Å². The van der Waals surface area contributed by atoms with Crippen LogP contribution in [0.2, 0.25) is 0 Å². The summed E-state index contributed by atoms with van der Waals surface area (Å²) in [6.07, 6.45) is -4.82. The van der Waals surface area contributed by atoms with Crippen molar-refractivity contribution in [2.24, 2.45) is 11.8 Å². The van der Waals surface area contributed by atoms with Crippen LogP contribution in [0.3, 0.4) is 0 Å². The summed E-state index contributed by atoms with van der Waals surface area (Å²) in [7, 11) is 0. The van der Waals surface area contributed by atoms with Crippen LogP contribution in [-0.2, 0) is 25.4 Å². The summed E-state index contributed by atoms with van der Waals surface area (Å²) in [5.41, 5.74) is -0.760. The summed E-state index contributed by atoms with van der Waals surface area (Å²) in [5, 5.41) is 6.33. The van der Waals surface area contributed by atoms with Gasteiger partial charge in [0.05, 0.1) is 11.1 Å². The fourth-order valence-corrected chi connectivity index (χ4v) is 4.50. The molecule has 0 radical (unpaired) electrons. The maximum atomic E-state index is 13.1. The van der Waals surface area contributed by atoms with Crippen molar-refractivity contribution in [3.63, 3.8) is 0 Å². The quantitative estimate of drug-likeness (QED) is 0.351. The summed E-state index contributed by atoms with van der Waals surface area (Å²) < 4.78 is 78.7. The Morgan fingerprint density at radius 2 is 1.03 bits per heavy atom. The SMILES string of the molecule is Cl.Cl.FC(F)(F)c1ccccc1CNCC1CCCC(CNCc2ccccc2C(F)(F)F)C1. The summed E-state index contributed by atoms with van der Waals surface area (Å²) in [6.45, 7) is 1.56. The number of rotatable bonds is 8. The molecule has 2 atom stereocenters. The molecule has 1 saturated carbocycles. The maximum Gasteiger partial charge on any atom is 0.416 e. The lowest BCUT2D eigenvalue weighted by Gasteiger charge is -2.30. The van der Waals surface area contributed by atoms with Gasteiger partial charge in [-0.25, -0.2) is 0 Å². The Kier molecular flexibility index (Phi) is 12.2. The first-order valence-corrected chi connectivity index (χ1v) is 10.9. The molecule has 0 saturated heterocycles. The molecular formula is C24H30Cl2F6N2. The van der Waals surface area contributed by atoms with Gasteiger partial charge < -0.3 is 10.6 Å². The van der Waals surface area contributed by atoms with Gasteiger partial charge in [0.15, 0.2) is 0 Å². The van der Waals surface area contributed by atoms with Crippen molar-refractivity contribution in [1.29, 1.82) is 0 Å². The number of hydrogen-bond donors (Lipinski definition) is 2. The second-order valence-corrected chi connectivity index (χ2v) is 8.47. The molecule has 1 aliphatic rings. The van der Waals surface area contributed by atoms with Crippen LogP contribution in [-0.4, -0.2) is 13.1 Å². The molecule has 2 aromatic rings. The molecule has 1 fully saturated rings. The van der Waals surface area contributed by atoms with Crippen molar-refractivity contribution in [1.82, 2.24) is 10.6 Å². The fraction of sp³-hybridized carbons (Fsp3) is 0.500. The number of hydrogen-bond acceptors (Lipinski definition) is 2. The topological polar surface area (TPSA) is 24.1 Å². The predicted octanol–water partition coefficient (Wildman–Crippen LogP) is 7.25. The fourth-order valence-electron chi connectivity index (χ4n) is 4.50. The van der Waals surface area contributed by atoms with E-state index in [4.69, 9.17) is 0 Å². The standard InChI is InChI=1S/C24H28F6N2.2ClH/c25-23(26,27)21-10-3-1-8-19(21)15-31-13-17-6-5-7-18(12-17)14-32-16-20-9-2-4-11-22(20)24(28,29)30;;/h1-4,8-11,17-18,31-32H,5-7,12-16H2;2*1H. The van der Waals surface area contributed by atoms with Crippen LogP contribution in [0.5, 0.6) is 0 Å². The molecule has 0 heterocycles. The Bertz CT molecular complexity index is 804. The number of alkyl halides is 6. The van der Waals surface area contributed by atoms with Gasteiger partial charge in [-0.2, -0.15) is 26.3 Å². The molecule has 0 aliphatic heterocycles. The molecule has 2 N–H and O–H groups in total. The minimum absolute atomic E-state index is 0. The first kappa shape index (κ1) is 30.6. The zero-order valence-electron chi connectivity index (χ0n) is 18.5. The third-order valence-corrected chi connectivity index (χ3v) is 6.03. The van der Waals surface area contributed by atoms with Gasteiger partial charge in [0.1, 0.15) is 0 Å². The number of benzene rings is 2. The van der Waals surface area contributed by atoms with Crippen molar-refractivity contribution >= 4 is 24.8 Å². The van der Waals surface area contributed by atoms with Crippen LogP contribution in [0.1, 0.15) is 47.9 Å². The second-order valence-electron chi connectivity index (χ2n) is 8.47. The maximum absolute atomic E-state index is 13.1. The minimum atomic E-state index is -4.37. The van der Waals surface area contributed by atoms with Crippen LogP contribution in [0, 0.1) is 11.8 Å².